The summed E-state index contributed by atoms with van der Waals surface area (Å²) >= 11 is 0. The van der Waals surface area contributed by atoms with Crippen molar-refractivity contribution < 1.29 is 14.3 Å². The molecule has 0 saturated heterocycles. The van der Waals surface area contributed by atoms with E-state index in [0.29, 0.717) is 28.5 Å². The summed E-state index contributed by atoms with van der Waals surface area (Å²) in [6, 6.07) is 23.8. The SMILES string of the molecule is C.COc1ccccc1C(=O)Nc1ccccc1Oc1ccccc1. The van der Waals surface area contributed by atoms with Crippen LogP contribution in [0.15, 0.2) is 78.9 Å². The van der Waals surface area contributed by atoms with Gasteiger partial charge in [0.15, 0.2) is 5.75 Å². The minimum absolute atomic E-state index is 0. The van der Waals surface area contributed by atoms with Gasteiger partial charge in [-0.25, -0.2) is 0 Å². The third-order valence-electron chi connectivity index (χ3n) is 3.46. The summed E-state index contributed by atoms with van der Waals surface area (Å²) in [7, 11) is 1.54. The van der Waals surface area contributed by atoms with Crippen molar-refractivity contribution in [2.45, 2.75) is 7.43 Å². The van der Waals surface area contributed by atoms with Crippen LogP contribution >= 0.6 is 0 Å². The number of hydrogen-bond acceptors (Lipinski definition) is 3. The molecule has 1 N–H and O–H groups in total. The van der Waals surface area contributed by atoms with E-state index in [1.54, 1.807) is 31.4 Å². The predicted octanol–water partition coefficient (Wildman–Crippen LogP) is 5.38. The Bertz CT molecular complexity index is 831. The summed E-state index contributed by atoms with van der Waals surface area (Å²) in [5.41, 5.74) is 1.06. The number of para-hydroxylation sites is 4. The lowest BCUT2D eigenvalue weighted by Gasteiger charge is -2.13. The summed E-state index contributed by atoms with van der Waals surface area (Å²) in [4.78, 5) is 12.6. The van der Waals surface area contributed by atoms with E-state index in [4.69, 9.17) is 9.47 Å². The average molecular weight is 335 g/mol. The van der Waals surface area contributed by atoms with Gasteiger partial charge in [-0.05, 0) is 36.4 Å². The van der Waals surface area contributed by atoms with Crippen LogP contribution in [-0.2, 0) is 0 Å². The van der Waals surface area contributed by atoms with E-state index < -0.39 is 0 Å². The van der Waals surface area contributed by atoms with Gasteiger partial charge in [0.1, 0.15) is 11.5 Å². The fourth-order valence-electron chi connectivity index (χ4n) is 2.30. The molecule has 0 heterocycles. The van der Waals surface area contributed by atoms with Gasteiger partial charge in [-0.15, -0.1) is 0 Å². The highest BCUT2D eigenvalue weighted by atomic mass is 16.5. The maximum Gasteiger partial charge on any atom is 0.259 e. The Kier molecular flexibility index (Phi) is 6.18. The minimum Gasteiger partial charge on any atom is -0.496 e. The second-order valence-electron chi connectivity index (χ2n) is 5.07. The van der Waals surface area contributed by atoms with Crippen LogP contribution in [0.4, 0.5) is 5.69 Å². The van der Waals surface area contributed by atoms with Crippen LogP contribution in [0.5, 0.6) is 17.2 Å². The lowest BCUT2D eigenvalue weighted by molar-refractivity contribution is 0.102. The Hall–Kier alpha value is -3.27. The van der Waals surface area contributed by atoms with E-state index in [-0.39, 0.29) is 13.3 Å². The summed E-state index contributed by atoms with van der Waals surface area (Å²) in [5.74, 6) is 1.55. The summed E-state index contributed by atoms with van der Waals surface area (Å²) < 4.78 is 11.1. The molecule has 3 rings (SSSR count). The number of nitrogens with one attached hydrogen (secondary N) is 1. The van der Waals surface area contributed by atoms with Crippen LogP contribution in [0.25, 0.3) is 0 Å². The van der Waals surface area contributed by atoms with Crippen LogP contribution in [0.1, 0.15) is 17.8 Å². The Morgan fingerprint density at radius 1 is 0.800 bits per heavy atom. The largest absolute Gasteiger partial charge is 0.496 e. The molecule has 0 aromatic heterocycles. The van der Waals surface area contributed by atoms with Gasteiger partial charge in [0.05, 0.1) is 18.4 Å². The maximum atomic E-state index is 12.6. The zero-order valence-electron chi connectivity index (χ0n) is 13.2. The highest BCUT2D eigenvalue weighted by Crippen LogP contribution is 2.30. The zero-order chi connectivity index (χ0) is 16.8. The molecule has 0 unspecified atom stereocenters. The van der Waals surface area contributed by atoms with E-state index in [2.05, 4.69) is 5.32 Å². The van der Waals surface area contributed by atoms with E-state index in [1.165, 1.54) is 0 Å². The van der Waals surface area contributed by atoms with Crippen molar-refractivity contribution in [3.05, 3.63) is 84.4 Å². The van der Waals surface area contributed by atoms with Gasteiger partial charge in [-0.2, -0.15) is 0 Å². The number of amides is 1. The van der Waals surface area contributed by atoms with Gasteiger partial charge in [-0.1, -0.05) is 49.9 Å². The lowest BCUT2D eigenvalue weighted by atomic mass is 10.2. The summed E-state index contributed by atoms with van der Waals surface area (Å²) in [5, 5.41) is 2.88. The monoisotopic (exact) mass is 335 g/mol. The van der Waals surface area contributed by atoms with Gasteiger partial charge in [-0.3, -0.25) is 4.79 Å². The van der Waals surface area contributed by atoms with Gasteiger partial charge >= 0.3 is 0 Å². The molecule has 0 spiro atoms. The minimum atomic E-state index is -0.253. The topological polar surface area (TPSA) is 47.6 Å². The predicted molar refractivity (Wildman–Crippen MR) is 101 cm³/mol. The van der Waals surface area contributed by atoms with E-state index in [0.717, 1.165) is 0 Å². The molecule has 4 heteroatoms. The summed E-state index contributed by atoms with van der Waals surface area (Å²) in [6.07, 6.45) is 0. The molecule has 0 aliphatic rings. The third-order valence-corrected chi connectivity index (χ3v) is 3.46. The highest BCUT2D eigenvalue weighted by molar-refractivity contribution is 6.06. The average Bonchev–Trinajstić information content (AvgIpc) is 2.64. The van der Waals surface area contributed by atoms with E-state index in [1.807, 2.05) is 54.6 Å². The molecule has 0 atom stereocenters. The standard InChI is InChI=1S/C20H17NO3.CH4/c1-23-18-13-7-5-11-16(18)20(22)21-17-12-6-8-14-19(17)24-15-9-3-2-4-10-15;/h2-14H,1H3,(H,21,22);1H4. The smallest absolute Gasteiger partial charge is 0.259 e. The van der Waals surface area contributed by atoms with Crippen molar-refractivity contribution in [2.75, 3.05) is 12.4 Å². The number of rotatable bonds is 5. The maximum absolute atomic E-state index is 12.6. The number of carbonyl (C=O) groups excluding carboxylic acids is 1. The van der Waals surface area contributed by atoms with Crippen molar-refractivity contribution in [3.63, 3.8) is 0 Å². The molecule has 128 valence electrons. The van der Waals surface area contributed by atoms with Crippen molar-refractivity contribution in [3.8, 4) is 17.2 Å². The molecule has 0 fully saturated rings. The number of hydrogen-bond donors (Lipinski definition) is 1. The van der Waals surface area contributed by atoms with E-state index in [9.17, 15) is 4.79 Å². The van der Waals surface area contributed by atoms with Crippen molar-refractivity contribution >= 4 is 11.6 Å². The Balaban J connectivity index is 0.00000225. The number of benzene rings is 3. The molecular formula is C21H21NO3. The van der Waals surface area contributed by atoms with Crippen LogP contribution < -0.4 is 14.8 Å². The molecule has 1 amide bonds. The van der Waals surface area contributed by atoms with E-state index >= 15 is 0 Å². The van der Waals surface area contributed by atoms with Crippen molar-refractivity contribution in [1.82, 2.24) is 0 Å². The normalized spacial score (nSPS) is 9.64. The quantitative estimate of drug-likeness (QED) is 0.681. The zero-order valence-corrected chi connectivity index (χ0v) is 13.2. The second kappa shape index (κ2) is 8.55. The number of methoxy groups -OCH3 is 1. The fourth-order valence-corrected chi connectivity index (χ4v) is 2.30. The molecule has 3 aromatic carbocycles. The van der Waals surface area contributed by atoms with Gasteiger partial charge in [0, 0.05) is 0 Å². The lowest BCUT2D eigenvalue weighted by Crippen LogP contribution is -2.13. The third kappa shape index (κ3) is 4.38. The van der Waals surface area contributed by atoms with Crippen LogP contribution in [0.2, 0.25) is 0 Å². The highest BCUT2D eigenvalue weighted by Gasteiger charge is 2.14. The van der Waals surface area contributed by atoms with Crippen LogP contribution in [0, 0.1) is 0 Å². The second-order valence-corrected chi connectivity index (χ2v) is 5.07. The molecule has 3 aromatic rings. The number of ether oxygens (including phenoxy) is 2. The fraction of sp³-hybridized carbons (Fsp3) is 0.0952. The van der Waals surface area contributed by atoms with Crippen LogP contribution in [-0.4, -0.2) is 13.0 Å². The van der Waals surface area contributed by atoms with Crippen molar-refractivity contribution in [1.29, 1.82) is 0 Å². The number of anilines is 1. The first-order valence-electron chi connectivity index (χ1n) is 7.54. The Morgan fingerprint density at radius 2 is 1.40 bits per heavy atom. The van der Waals surface area contributed by atoms with Crippen LogP contribution in [0.3, 0.4) is 0 Å². The molecule has 4 nitrogen and oxygen atoms in total. The van der Waals surface area contributed by atoms with Gasteiger partial charge < -0.3 is 14.8 Å². The Morgan fingerprint density at radius 3 is 2.12 bits per heavy atom. The summed E-state index contributed by atoms with van der Waals surface area (Å²) in [6.45, 7) is 0. The molecule has 0 bridgehead atoms. The molecule has 25 heavy (non-hydrogen) atoms. The molecular weight excluding hydrogens is 314 g/mol. The molecule has 0 aliphatic carbocycles. The van der Waals surface area contributed by atoms with Gasteiger partial charge in [0.25, 0.3) is 5.91 Å². The Labute approximate surface area is 148 Å². The first-order valence-corrected chi connectivity index (χ1v) is 7.54. The number of carbonyl (C=O) groups is 1. The first-order chi connectivity index (χ1) is 11.8. The van der Waals surface area contributed by atoms with Crippen molar-refractivity contribution in [2.24, 2.45) is 0 Å². The molecule has 0 aliphatic heterocycles. The molecule has 0 saturated carbocycles. The molecule has 0 radical (unpaired) electrons. The van der Waals surface area contributed by atoms with Gasteiger partial charge in [0.2, 0.25) is 0 Å². The first kappa shape index (κ1) is 18.1.